The van der Waals surface area contributed by atoms with Gasteiger partial charge in [0.25, 0.3) is 0 Å². The third kappa shape index (κ3) is 1.40. The Morgan fingerprint density at radius 2 is 2.31 bits per heavy atom. The third-order valence-electron chi connectivity index (χ3n) is 2.36. The number of hydrogen-bond donors (Lipinski definition) is 1. The molecular formula is C10H12FNO. The number of hydrogen-bond acceptors (Lipinski definition) is 2. The zero-order valence-electron chi connectivity index (χ0n) is 7.35. The summed E-state index contributed by atoms with van der Waals surface area (Å²) >= 11 is 0. The van der Waals surface area contributed by atoms with E-state index in [1.807, 2.05) is 0 Å². The largest absolute Gasteiger partial charge is 0.493 e. The van der Waals surface area contributed by atoms with Crippen LogP contribution in [0, 0.1) is 5.82 Å². The van der Waals surface area contributed by atoms with Gasteiger partial charge in [0.15, 0.2) is 0 Å². The van der Waals surface area contributed by atoms with E-state index < -0.39 is 0 Å². The minimum absolute atomic E-state index is 0.216. The second-order valence-corrected chi connectivity index (χ2v) is 3.16. The van der Waals surface area contributed by atoms with Gasteiger partial charge in [-0.3, -0.25) is 0 Å². The number of rotatable bonds is 1. The molecule has 0 saturated carbocycles. The van der Waals surface area contributed by atoms with E-state index in [-0.39, 0.29) is 12.4 Å². The fourth-order valence-electron chi connectivity index (χ4n) is 1.70. The molecule has 2 N–H and O–H groups in total. The molecular weight excluding hydrogens is 169 g/mol. The molecule has 1 aliphatic heterocycles. The normalized spacial score (nSPS) is 14.9. The van der Waals surface area contributed by atoms with Gasteiger partial charge in [-0.15, -0.1) is 0 Å². The van der Waals surface area contributed by atoms with E-state index >= 15 is 0 Å². The van der Waals surface area contributed by atoms with Crippen LogP contribution in [0.3, 0.4) is 0 Å². The van der Waals surface area contributed by atoms with Crippen molar-refractivity contribution in [3.05, 3.63) is 29.1 Å². The van der Waals surface area contributed by atoms with E-state index in [9.17, 15) is 4.39 Å². The summed E-state index contributed by atoms with van der Waals surface area (Å²) in [5.41, 5.74) is 7.04. The van der Waals surface area contributed by atoms with Crippen molar-refractivity contribution in [1.82, 2.24) is 0 Å². The highest BCUT2D eigenvalue weighted by Gasteiger charge is 2.16. The van der Waals surface area contributed by atoms with Gasteiger partial charge in [0, 0.05) is 17.7 Å². The standard InChI is InChI=1S/C10H12FNO/c11-9-3-4-10-7(8(9)6-12)2-1-5-13-10/h3-4H,1-2,5-6,12H2. The summed E-state index contributed by atoms with van der Waals surface area (Å²) in [6.45, 7) is 0.973. The molecule has 0 amide bonds. The molecule has 0 spiro atoms. The molecule has 3 heteroatoms. The highest BCUT2D eigenvalue weighted by atomic mass is 19.1. The van der Waals surface area contributed by atoms with E-state index in [0.717, 1.165) is 30.8 Å². The SMILES string of the molecule is NCc1c(F)ccc2c1CCCO2. The predicted molar refractivity (Wildman–Crippen MR) is 48.1 cm³/mol. The van der Waals surface area contributed by atoms with Gasteiger partial charge in [0.1, 0.15) is 11.6 Å². The van der Waals surface area contributed by atoms with Crippen molar-refractivity contribution in [1.29, 1.82) is 0 Å². The molecule has 0 atom stereocenters. The van der Waals surface area contributed by atoms with E-state index in [1.165, 1.54) is 6.07 Å². The van der Waals surface area contributed by atoms with Crippen molar-refractivity contribution in [3.8, 4) is 5.75 Å². The van der Waals surface area contributed by atoms with Crippen molar-refractivity contribution in [2.45, 2.75) is 19.4 Å². The summed E-state index contributed by atoms with van der Waals surface area (Å²) in [6, 6.07) is 3.11. The van der Waals surface area contributed by atoms with Crippen LogP contribution >= 0.6 is 0 Å². The van der Waals surface area contributed by atoms with Gasteiger partial charge in [-0.05, 0) is 25.0 Å². The number of ether oxygens (including phenoxy) is 1. The number of benzene rings is 1. The first-order valence-corrected chi connectivity index (χ1v) is 4.46. The summed E-state index contributed by atoms with van der Waals surface area (Å²) in [7, 11) is 0. The Hall–Kier alpha value is -1.09. The fourth-order valence-corrected chi connectivity index (χ4v) is 1.70. The molecule has 1 aromatic rings. The molecule has 1 aliphatic rings. The lowest BCUT2D eigenvalue weighted by Crippen LogP contribution is -2.13. The summed E-state index contributed by atoms with van der Waals surface area (Å²) in [4.78, 5) is 0. The lowest BCUT2D eigenvalue weighted by Gasteiger charge is -2.19. The van der Waals surface area contributed by atoms with Crippen molar-refractivity contribution in [2.75, 3.05) is 6.61 Å². The van der Waals surface area contributed by atoms with Gasteiger partial charge in [0.05, 0.1) is 6.61 Å². The second kappa shape index (κ2) is 3.34. The number of fused-ring (bicyclic) bond motifs is 1. The molecule has 13 heavy (non-hydrogen) atoms. The Bertz CT molecular complexity index is 325. The molecule has 0 bridgehead atoms. The van der Waals surface area contributed by atoms with Gasteiger partial charge >= 0.3 is 0 Å². The van der Waals surface area contributed by atoms with Crippen LogP contribution in [-0.2, 0) is 13.0 Å². The number of halogens is 1. The van der Waals surface area contributed by atoms with Gasteiger partial charge in [-0.1, -0.05) is 0 Å². The Morgan fingerprint density at radius 3 is 3.08 bits per heavy atom. The maximum Gasteiger partial charge on any atom is 0.128 e. The first-order chi connectivity index (χ1) is 6.33. The molecule has 0 radical (unpaired) electrons. The van der Waals surface area contributed by atoms with Crippen molar-refractivity contribution < 1.29 is 9.13 Å². The summed E-state index contributed by atoms with van der Waals surface area (Å²) in [5, 5.41) is 0. The Morgan fingerprint density at radius 1 is 1.46 bits per heavy atom. The Kier molecular flexibility index (Phi) is 2.19. The van der Waals surface area contributed by atoms with Crippen LogP contribution in [0.2, 0.25) is 0 Å². The van der Waals surface area contributed by atoms with Gasteiger partial charge < -0.3 is 10.5 Å². The molecule has 1 aromatic carbocycles. The lowest BCUT2D eigenvalue weighted by atomic mass is 9.99. The zero-order valence-corrected chi connectivity index (χ0v) is 7.35. The molecule has 70 valence electrons. The van der Waals surface area contributed by atoms with Crippen LogP contribution in [0.1, 0.15) is 17.5 Å². The van der Waals surface area contributed by atoms with Crippen LogP contribution in [0.4, 0.5) is 4.39 Å². The van der Waals surface area contributed by atoms with Crippen LogP contribution in [-0.4, -0.2) is 6.61 Å². The summed E-state index contributed by atoms with van der Waals surface area (Å²) in [5.74, 6) is 0.583. The first-order valence-electron chi connectivity index (χ1n) is 4.46. The average molecular weight is 181 g/mol. The Labute approximate surface area is 76.5 Å². The topological polar surface area (TPSA) is 35.2 Å². The van der Waals surface area contributed by atoms with Gasteiger partial charge in [0.2, 0.25) is 0 Å². The molecule has 0 aliphatic carbocycles. The molecule has 2 rings (SSSR count). The van der Waals surface area contributed by atoms with Gasteiger partial charge in [-0.2, -0.15) is 0 Å². The Balaban J connectivity index is 2.52. The van der Waals surface area contributed by atoms with E-state index in [0.29, 0.717) is 5.56 Å². The smallest absolute Gasteiger partial charge is 0.128 e. The van der Waals surface area contributed by atoms with Crippen LogP contribution in [0.15, 0.2) is 12.1 Å². The average Bonchev–Trinajstić information content (AvgIpc) is 2.18. The monoisotopic (exact) mass is 181 g/mol. The summed E-state index contributed by atoms with van der Waals surface area (Å²) in [6.07, 6.45) is 1.82. The quantitative estimate of drug-likeness (QED) is 0.714. The van der Waals surface area contributed by atoms with Crippen molar-refractivity contribution >= 4 is 0 Å². The highest BCUT2D eigenvalue weighted by Crippen LogP contribution is 2.29. The maximum absolute atomic E-state index is 13.2. The predicted octanol–water partition coefficient (Wildman–Crippen LogP) is 1.61. The molecule has 2 nitrogen and oxygen atoms in total. The third-order valence-corrected chi connectivity index (χ3v) is 2.36. The van der Waals surface area contributed by atoms with Gasteiger partial charge in [-0.25, -0.2) is 4.39 Å². The maximum atomic E-state index is 13.2. The van der Waals surface area contributed by atoms with Crippen LogP contribution < -0.4 is 10.5 Å². The summed E-state index contributed by atoms with van der Waals surface area (Å²) < 4.78 is 18.6. The van der Waals surface area contributed by atoms with Crippen molar-refractivity contribution in [3.63, 3.8) is 0 Å². The number of nitrogens with two attached hydrogens (primary N) is 1. The molecule has 0 saturated heterocycles. The lowest BCUT2D eigenvalue weighted by molar-refractivity contribution is 0.286. The molecule has 1 heterocycles. The molecule has 0 unspecified atom stereocenters. The molecule has 0 fully saturated rings. The van der Waals surface area contributed by atoms with E-state index in [1.54, 1.807) is 6.07 Å². The fraction of sp³-hybridized carbons (Fsp3) is 0.400. The van der Waals surface area contributed by atoms with Crippen LogP contribution in [0.5, 0.6) is 5.75 Å². The minimum atomic E-state index is -0.216. The van der Waals surface area contributed by atoms with Crippen molar-refractivity contribution in [2.24, 2.45) is 5.73 Å². The van der Waals surface area contributed by atoms with E-state index in [2.05, 4.69) is 0 Å². The van der Waals surface area contributed by atoms with Crippen LogP contribution in [0.25, 0.3) is 0 Å². The molecule has 0 aromatic heterocycles. The highest BCUT2D eigenvalue weighted by molar-refractivity contribution is 5.42. The van der Waals surface area contributed by atoms with E-state index in [4.69, 9.17) is 10.5 Å². The second-order valence-electron chi connectivity index (χ2n) is 3.16. The first kappa shape index (κ1) is 8.51. The zero-order chi connectivity index (χ0) is 9.26. The minimum Gasteiger partial charge on any atom is -0.493 e.